The number of ether oxygens (including phenoxy) is 1. The summed E-state index contributed by atoms with van der Waals surface area (Å²) >= 11 is 0. The number of carbonyl (C=O) groups excluding carboxylic acids is 1. The highest BCUT2D eigenvalue weighted by molar-refractivity contribution is 5.94. The van der Waals surface area contributed by atoms with E-state index < -0.39 is 0 Å². The van der Waals surface area contributed by atoms with Crippen molar-refractivity contribution in [1.29, 1.82) is 0 Å². The highest BCUT2D eigenvalue weighted by Gasteiger charge is 2.16. The number of benzene rings is 1. The van der Waals surface area contributed by atoms with Crippen molar-refractivity contribution in [2.24, 2.45) is 0 Å². The topological polar surface area (TPSA) is 50.4 Å². The monoisotopic (exact) mass is 292 g/mol. The van der Waals surface area contributed by atoms with E-state index in [1.165, 1.54) is 5.56 Å². The van der Waals surface area contributed by atoms with Gasteiger partial charge in [-0.25, -0.2) is 0 Å². The number of nitrogens with one attached hydrogen (secondary N) is 2. The maximum atomic E-state index is 12.1. The zero-order valence-electron chi connectivity index (χ0n) is 14.0. The van der Waals surface area contributed by atoms with Crippen molar-refractivity contribution >= 4 is 11.6 Å². The number of methoxy groups -OCH3 is 1. The SMILES string of the molecule is COC[C@H](C)N[C@@H](C)C(=O)Nc1ccc(C(C)(C)C)cc1. The molecule has 1 aromatic carbocycles. The lowest BCUT2D eigenvalue weighted by atomic mass is 9.87. The van der Waals surface area contributed by atoms with E-state index in [2.05, 4.69) is 43.5 Å². The molecule has 4 nitrogen and oxygen atoms in total. The van der Waals surface area contributed by atoms with Crippen LogP contribution in [0.3, 0.4) is 0 Å². The van der Waals surface area contributed by atoms with Crippen molar-refractivity contribution in [3.05, 3.63) is 29.8 Å². The smallest absolute Gasteiger partial charge is 0.241 e. The van der Waals surface area contributed by atoms with Gasteiger partial charge >= 0.3 is 0 Å². The molecule has 0 saturated heterocycles. The molecule has 0 saturated carbocycles. The zero-order valence-corrected chi connectivity index (χ0v) is 14.0. The highest BCUT2D eigenvalue weighted by atomic mass is 16.5. The second-order valence-electron chi connectivity index (χ2n) is 6.56. The van der Waals surface area contributed by atoms with Crippen LogP contribution < -0.4 is 10.6 Å². The molecule has 0 radical (unpaired) electrons. The quantitative estimate of drug-likeness (QED) is 0.847. The van der Waals surface area contributed by atoms with E-state index in [4.69, 9.17) is 4.74 Å². The average Bonchev–Trinajstić information content (AvgIpc) is 2.38. The molecule has 2 N–H and O–H groups in total. The van der Waals surface area contributed by atoms with Gasteiger partial charge in [0, 0.05) is 18.8 Å². The van der Waals surface area contributed by atoms with E-state index in [0.717, 1.165) is 5.69 Å². The number of anilines is 1. The van der Waals surface area contributed by atoms with Gasteiger partial charge in [0.2, 0.25) is 5.91 Å². The molecule has 1 rings (SSSR count). The van der Waals surface area contributed by atoms with Crippen LogP contribution in [0.15, 0.2) is 24.3 Å². The van der Waals surface area contributed by atoms with Crippen molar-refractivity contribution in [3.8, 4) is 0 Å². The second kappa shape index (κ2) is 7.57. The summed E-state index contributed by atoms with van der Waals surface area (Å²) in [7, 11) is 1.65. The van der Waals surface area contributed by atoms with Gasteiger partial charge in [-0.3, -0.25) is 4.79 Å². The predicted octanol–water partition coefficient (Wildman–Crippen LogP) is 2.94. The Bertz CT molecular complexity index is 449. The van der Waals surface area contributed by atoms with Crippen LogP contribution in [0.2, 0.25) is 0 Å². The van der Waals surface area contributed by atoms with Crippen LogP contribution in [-0.2, 0) is 14.9 Å². The Hall–Kier alpha value is -1.39. The zero-order chi connectivity index (χ0) is 16.0. The van der Waals surface area contributed by atoms with Gasteiger partial charge in [0.05, 0.1) is 12.6 Å². The molecule has 0 unspecified atom stereocenters. The van der Waals surface area contributed by atoms with Crippen LogP contribution in [0, 0.1) is 0 Å². The molecule has 1 aromatic rings. The summed E-state index contributed by atoms with van der Waals surface area (Å²) in [5.74, 6) is -0.0403. The first kappa shape index (κ1) is 17.7. The molecule has 1 amide bonds. The lowest BCUT2D eigenvalue weighted by molar-refractivity contribution is -0.118. The summed E-state index contributed by atoms with van der Waals surface area (Å²) in [6.45, 7) is 10.9. The van der Waals surface area contributed by atoms with E-state index >= 15 is 0 Å². The van der Waals surface area contributed by atoms with Crippen molar-refractivity contribution in [2.75, 3.05) is 19.0 Å². The van der Waals surface area contributed by atoms with Gasteiger partial charge < -0.3 is 15.4 Å². The van der Waals surface area contributed by atoms with Gasteiger partial charge in [0.1, 0.15) is 0 Å². The Labute approximate surface area is 128 Å². The lowest BCUT2D eigenvalue weighted by Crippen LogP contribution is -2.44. The standard InChI is InChI=1S/C17H28N2O2/c1-12(11-21-6)18-13(2)16(20)19-15-9-7-14(8-10-15)17(3,4)5/h7-10,12-13,18H,11H2,1-6H3,(H,19,20)/t12-,13-/m0/s1. The van der Waals surface area contributed by atoms with Gasteiger partial charge in [0.15, 0.2) is 0 Å². The van der Waals surface area contributed by atoms with E-state index in [-0.39, 0.29) is 23.4 Å². The first-order valence-electron chi connectivity index (χ1n) is 7.40. The molecule has 0 fully saturated rings. The fraction of sp³-hybridized carbons (Fsp3) is 0.588. The third-order valence-electron chi connectivity index (χ3n) is 3.36. The van der Waals surface area contributed by atoms with E-state index in [1.54, 1.807) is 7.11 Å². The lowest BCUT2D eigenvalue weighted by Gasteiger charge is -2.20. The molecular weight excluding hydrogens is 264 g/mol. The van der Waals surface area contributed by atoms with Gasteiger partial charge in [-0.15, -0.1) is 0 Å². The number of rotatable bonds is 6. The van der Waals surface area contributed by atoms with Crippen molar-refractivity contribution in [3.63, 3.8) is 0 Å². The van der Waals surface area contributed by atoms with Crippen molar-refractivity contribution in [2.45, 2.75) is 52.1 Å². The summed E-state index contributed by atoms with van der Waals surface area (Å²) in [6, 6.07) is 7.88. The van der Waals surface area contributed by atoms with E-state index in [1.807, 2.05) is 26.0 Å². The number of hydrogen-bond acceptors (Lipinski definition) is 3. The maximum Gasteiger partial charge on any atom is 0.241 e. The second-order valence-corrected chi connectivity index (χ2v) is 6.56. The first-order valence-corrected chi connectivity index (χ1v) is 7.40. The minimum Gasteiger partial charge on any atom is -0.383 e. The van der Waals surface area contributed by atoms with Gasteiger partial charge in [-0.1, -0.05) is 32.9 Å². The first-order chi connectivity index (χ1) is 9.74. The van der Waals surface area contributed by atoms with Crippen molar-refractivity contribution < 1.29 is 9.53 Å². The molecule has 118 valence electrons. The summed E-state index contributed by atoms with van der Waals surface area (Å²) < 4.78 is 5.05. The molecule has 0 aliphatic carbocycles. The van der Waals surface area contributed by atoms with Crippen LogP contribution in [0.25, 0.3) is 0 Å². The number of amides is 1. The van der Waals surface area contributed by atoms with Gasteiger partial charge in [-0.2, -0.15) is 0 Å². The minimum atomic E-state index is -0.266. The van der Waals surface area contributed by atoms with Crippen LogP contribution in [0.4, 0.5) is 5.69 Å². The summed E-state index contributed by atoms with van der Waals surface area (Å²) in [4.78, 5) is 12.1. The normalized spacial score (nSPS) is 14.6. The Morgan fingerprint density at radius 2 is 1.76 bits per heavy atom. The molecule has 0 aromatic heterocycles. The molecule has 0 aliphatic heterocycles. The highest BCUT2D eigenvalue weighted by Crippen LogP contribution is 2.23. The van der Waals surface area contributed by atoms with E-state index in [9.17, 15) is 4.79 Å². The van der Waals surface area contributed by atoms with E-state index in [0.29, 0.717) is 6.61 Å². The fourth-order valence-corrected chi connectivity index (χ4v) is 2.10. The van der Waals surface area contributed by atoms with Gasteiger partial charge in [0.25, 0.3) is 0 Å². The Morgan fingerprint density at radius 1 is 1.19 bits per heavy atom. The summed E-state index contributed by atoms with van der Waals surface area (Å²) in [5.41, 5.74) is 2.19. The third-order valence-corrected chi connectivity index (χ3v) is 3.36. The van der Waals surface area contributed by atoms with Crippen LogP contribution >= 0.6 is 0 Å². The molecule has 2 atom stereocenters. The Morgan fingerprint density at radius 3 is 2.24 bits per heavy atom. The minimum absolute atomic E-state index is 0.0403. The van der Waals surface area contributed by atoms with Crippen molar-refractivity contribution in [1.82, 2.24) is 5.32 Å². The molecule has 0 bridgehead atoms. The predicted molar refractivity (Wildman–Crippen MR) is 87.7 cm³/mol. The molecule has 21 heavy (non-hydrogen) atoms. The Balaban J connectivity index is 2.58. The molecule has 0 aliphatic rings. The van der Waals surface area contributed by atoms with Crippen LogP contribution in [0.1, 0.15) is 40.2 Å². The average molecular weight is 292 g/mol. The van der Waals surface area contributed by atoms with Crippen LogP contribution in [0.5, 0.6) is 0 Å². The largest absolute Gasteiger partial charge is 0.383 e. The molecule has 0 heterocycles. The maximum absolute atomic E-state index is 12.1. The fourth-order valence-electron chi connectivity index (χ4n) is 2.10. The molecule has 4 heteroatoms. The van der Waals surface area contributed by atoms with Gasteiger partial charge in [-0.05, 0) is 37.0 Å². The molecule has 0 spiro atoms. The Kier molecular flexibility index (Phi) is 6.37. The third kappa shape index (κ3) is 5.86. The number of carbonyl (C=O) groups is 1. The molecular formula is C17H28N2O2. The summed E-state index contributed by atoms with van der Waals surface area (Å²) in [5, 5.41) is 6.12. The van der Waals surface area contributed by atoms with Crippen LogP contribution in [-0.4, -0.2) is 31.7 Å². The number of hydrogen-bond donors (Lipinski definition) is 2. The summed E-state index contributed by atoms with van der Waals surface area (Å²) in [6.07, 6.45) is 0.